The van der Waals surface area contributed by atoms with E-state index in [1.165, 1.54) is 6.07 Å². The van der Waals surface area contributed by atoms with E-state index in [4.69, 9.17) is 4.74 Å². The third-order valence-corrected chi connectivity index (χ3v) is 1.73. The van der Waals surface area contributed by atoms with Gasteiger partial charge in [0.1, 0.15) is 12.4 Å². The fourth-order valence-electron chi connectivity index (χ4n) is 1.08. The van der Waals surface area contributed by atoms with E-state index in [-0.39, 0.29) is 5.69 Å². The van der Waals surface area contributed by atoms with E-state index in [9.17, 15) is 10.1 Å². The van der Waals surface area contributed by atoms with Crippen molar-refractivity contribution in [2.75, 3.05) is 6.61 Å². The van der Waals surface area contributed by atoms with Gasteiger partial charge >= 0.3 is 0 Å². The number of aryl methyl sites for hydroxylation is 1. The Labute approximate surface area is 82.0 Å². The summed E-state index contributed by atoms with van der Waals surface area (Å²) in [7, 11) is 0. The predicted molar refractivity (Wildman–Crippen MR) is 53.5 cm³/mol. The Balaban J connectivity index is 2.88. The van der Waals surface area contributed by atoms with E-state index < -0.39 is 4.92 Å². The lowest BCUT2D eigenvalue weighted by Crippen LogP contribution is -1.95. The molecule has 0 aliphatic heterocycles. The van der Waals surface area contributed by atoms with E-state index in [0.717, 1.165) is 0 Å². The zero-order chi connectivity index (χ0) is 10.6. The molecule has 0 aromatic heterocycles. The average molecular weight is 193 g/mol. The molecule has 14 heavy (non-hydrogen) atoms. The van der Waals surface area contributed by atoms with Gasteiger partial charge in [0.15, 0.2) is 0 Å². The maximum absolute atomic E-state index is 10.5. The minimum atomic E-state index is -0.410. The first-order valence-electron chi connectivity index (χ1n) is 4.14. The van der Waals surface area contributed by atoms with Crippen LogP contribution in [0.3, 0.4) is 0 Å². The van der Waals surface area contributed by atoms with E-state index in [1.807, 2.05) is 0 Å². The van der Waals surface area contributed by atoms with E-state index in [0.29, 0.717) is 17.9 Å². The second-order valence-corrected chi connectivity index (χ2v) is 2.81. The highest BCUT2D eigenvalue weighted by molar-refractivity contribution is 5.44. The van der Waals surface area contributed by atoms with Crippen molar-refractivity contribution < 1.29 is 9.66 Å². The van der Waals surface area contributed by atoms with Crippen LogP contribution in [0.15, 0.2) is 30.9 Å². The lowest BCUT2D eigenvalue weighted by atomic mass is 10.2. The molecule has 4 nitrogen and oxygen atoms in total. The monoisotopic (exact) mass is 193 g/mol. The Kier molecular flexibility index (Phi) is 3.23. The van der Waals surface area contributed by atoms with Crippen LogP contribution in [-0.4, -0.2) is 11.5 Å². The van der Waals surface area contributed by atoms with Gasteiger partial charge < -0.3 is 4.74 Å². The van der Waals surface area contributed by atoms with Gasteiger partial charge in [0.25, 0.3) is 5.69 Å². The van der Waals surface area contributed by atoms with Gasteiger partial charge in [-0.1, -0.05) is 12.7 Å². The van der Waals surface area contributed by atoms with Gasteiger partial charge in [0.2, 0.25) is 0 Å². The summed E-state index contributed by atoms with van der Waals surface area (Å²) >= 11 is 0. The van der Waals surface area contributed by atoms with Crippen LogP contribution >= 0.6 is 0 Å². The highest BCUT2D eigenvalue weighted by Crippen LogP contribution is 2.22. The second-order valence-electron chi connectivity index (χ2n) is 2.81. The zero-order valence-electron chi connectivity index (χ0n) is 7.90. The Morgan fingerprint density at radius 1 is 1.64 bits per heavy atom. The molecule has 1 rings (SSSR count). The van der Waals surface area contributed by atoms with Gasteiger partial charge in [-0.3, -0.25) is 10.1 Å². The van der Waals surface area contributed by atoms with E-state index >= 15 is 0 Å². The summed E-state index contributed by atoms with van der Waals surface area (Å²) in [6.07, 6.45) is 1.62. The van der Waals surface area contributed by atoms with Crippen molar-refractivity contribution in [3.05, 3.63) is 46.5 Å². The first kappa shape index (κ1) is 10.2. The molecule has 0 spiro atoms. The van der Waals surface area contributed by atoms with E-state index in [1.54, 1.807) is 25.1 Å². The number of nitro benzene ring substituents is 1. The molecular weight excluding hydrogens is 182 g/mol. The second kappa shape index (κ2) is 4.41. The summed E-state index contributed by atoms with van der Waals surface area (Å²) in [5.41, 5.74) is 0.701. The number of hydrogen-bond acceptors (Lipinski definition) is 3. The van der Waals surface area contributed by atoms with Crippen LogP contribution in [0.4, 0.5) is 5.69 Å². The fraction of sp³-hybridized carbons (Fsp3) is 0.200. The van der Waals surface area contributed by atoms with Crippen molar-refractivity contribution in [3.8, 4) is 5.75 Å². The Bertz CT molecular complexity index is 360. The highest BCUT2D eigenvalue weighted by Gasteiger charge is 2.09. The maximum Gasteiger partial charge on any atom is 0.272 e. The Morgan fingerprint density at radius 3 is 2.86 bits per heavy atom. The first-order chi connectivity index (χ1) is 6.65. The Morgan fingerprint density at radius 2 is 2.36 bits per heavy atom. The topological polar surface area (TPSA) is 52.4 Å². The third kappa shape index (κ3) is 2.32. The number of benzene rings is 1. The quantitative estimate of drug-likeness (QED) is 0.419. The number of nitro groups is 1. The molecule has 0 N–H and O–H groups in total. The van der Waals surface area contributed by atoms with Crippen molar-refractivity contribution in [1.29, 1.82) is 0 Å². The lowest BCUT2D eigenvalue weighted by Gasteiger charge is -2.03. The SMILES string of the molecule is C=CCOc1ccc([N+](=O)[O-])c(C)c1. The van der Waals surface area contributed by atoms with Crippen molar-refractivity contribution in [2.24, 2.45) is 0 Å². The number of hydrogen-bond donors (Lipinski definition) is 0. The molecule has 1 aromatic carbocycles. The number of nitrogens with zero attached hydrogens (tertiary/aromatic N) is 1. The van der Waals surface area contributed by atoms with Crippen molar-refractivity contribution in [2.45, 2.75) is 6.92 Å². The molecule has 0 heterocycles. The number of ether oxygens (including phenoxy) is 1. The molecule has 0 saturated heterocycles. The van der Waals surface area contributed by atoms with Crippen LogP contribution in [-0.2, 0) is 0 Å². The van der Waals surface area contributed by atoms with Crippen LogP contribution < -0.4 is 4.74 Å². The molecule has 4 heteroatoms. The molecule has 0 aliphatic carbocycles. The predicted octanol–water partition coefficient (Wildman–Crippen LogP) is 2.47. The summed E-state index contributed by atoms with van der Waals surface area (Å²) in [6, 6.07) is 4.66. The minimum Gasteiger partial charge on any atom is -0.490 e. The largest absolute Gasteiger partial charge is 0.490 e. The summed E-state index contributed by atoms with van der Waals surface area (Å²) in [5, 5.41) is 10.5. The van der Waals surface area contributed by atoms with Crippen molar-refractivity contribution in [3.63, 3.8) is 0 Å². The smallest absolute Gasteiger partial charge is 0.272 e. The van der Waals surface area contributed by atoms with Gasteiger partial charge in [-0.25, -0.2) is 0 Å². The molecule has 1 aromatic rings. The van der Waals surface area contributed by atoms with Gasteiger partial charge in [0.05, 0.1) is 4.92 Å². The lowest BCUT2D eigenvalue weighted by molar-refractivity contribution is -0.385. The van der Waals surface area contributed by atoms with Gasteiger partial charge in [-0.05, 0) is 19.1 Å². The molecular formula is C10H11NO3. The molecule has 0 saturated carbocycles. The number of rotatable bonds is 4. The van der Waals surface area contributed by atoms with Crippen LogP contribution in [0.5, 0.6) is 5.75 Å². The van der Waals surface area contributed by atoms with Crippen molar-refractivity contribution in [1.82, 2.24) is 0 Å². The van der Waals surface area contributed by atoms with Crippen LogP contribution in [0.1, 0.15) is 5.56 Å². The standard InChI is InChI=1S/C10H11NO3/c1-3-6-14-9-4-5-10(11(12)13)8(2)7-9/h3-5,7H,1,6H2,2H3. The Hall–Kier alpha value is -1.84. The summed E-state index contributed by atoms with van der Waals surface area (Å²) < 4.78 is 5.23. The van der Waals surface area contributed by atoms with Gasteiger partial charge in [-0.2, -0.15) is 0 Å². The van der Waals surface area contributed by atoms with Crippen molar-refractivity contribution >= 4 is 5.69 Å². The molecule has 0 bridgehead atoms. The fourth-order valence-corrected chi connectivity index (χ4v) is 1.08. The minimum absolute atomic E-state index is 0.107. The first-order valence-corrected chi connectivity index (χ1v) is 4.14. The van der Waals surface area contributed by atoms with Gasteiger partial charge in [-0.15, -0.1) is 0 Å². The average Bonchev–Trinajstić information content (AvgIpc) is 2.14. The zero-order valence-corrected chi connectivity index (χ0v) is 7.90. The molecule has 0 unspecified atom stereocenters. The summed E-state index contributed by atoms with van der Waals surface area (Å²) in [6.45, 7) is 5.59. The van der Waals surface area contributed by atoms with Crippen LogP contribution in [0.2, 0.25) is 0 Å². The molecule has 0 radical (unpaired) electrons. The molecule has 0 aliphatic rings. The summed E-state index contributed by atoms with van der Waals surface area (Å²) in [5.74, 6) is 0.619. The normalized spacial score (nSPS) is 9.50. The molecule has 0 atom stereocenters. The maximum atomic E-state index is 10.5. The molecule has 0 amide bonds. The van der Waals surface area contributed by atoms with E-state index in [2.05, 4.69) is 6.58 Å². The van der Waals surface area contributed by atoms with Crippen LogP contribution in [0.25, 0.3) is 0 Å². The summed E-state index contributed by atoms with van der Waals surface area (Å²) in [4.78, 5) is 10.1. The highest BCUT2D eigenvalue weighted by atomic mass is 16.6. The van der Waals surface area contributed by atoms with Crippen LogP contribution in [0, 0.1) is 17.0 Å². The van der Waals surface area contributed by atoms with Gasteiger partial charge in [0, 0.05) is 11.6 Å². The molecule has 0 fully saturated rings. The third-order valence-electron chi connectivity index (χ3n) is 1.73. The molecule has 74 valence electrons.